The largest absolute Gasteiger partial charge is 0.466 e. The molecule has 1 unspecified atom stereocenters. The molecule has 3 rings (SSSR count). The number of rotatable bonds is 3. The molecule has 24 heavy (non-hydrogen) atoms. The highest BCUT2D eigenvalue weighted by atomic mass is 32.2. The molecule has 1 saturated carbocycles. The van der Waals surface area contributed by atoms with E-state index in [1.54, 1.807) is 30.5 Å². The lowest BCUT2D eigenvalue weighted by Crippen LogP contribution is -2.32. The summed E-state index contributed by atoms with van der Waals surface area (Å²) in [6.07, 6.45) is 5.69. The predicted octanol–water partition coefficient (Wildman–Crippen LogP) is 2.78. The number of hydrogen-bond acceptors (Lipinski definition) is 4. The lowest BCUT2D eigenvalue weighted by Gasteiger charge is -2.29. The van der Waals surface area contributed by atoms with Gasteiger partial charge in [-0.2, -0.15) is 0 Å². The summed E-state index contributed by atoms with van der Waals surface area (Å²) in [7, 11) is -2.22. The number of nitrogens with zero attached hydrogens (tertiary/aromatic N) is 1. The summed E-state index contributed by atoms with van der Waals surface area (Å²) in [6.45, 7) is 2.39. The first-order valence-electron chi connectivity index (χ1n) is 8.01. The number of benzene rings is 1. The summed E-state index contributed by atoms with van der Waals surface area (Å²) in [5.74, 6) is -0.0737. The van der Waals surface area contributed by atoms with Crippen molar-refractivity contribution in [1.29, 1.82) is 0 Å². The van der Waals surface area contributed by atoms with Crippen LogP contribution in [0.2, 0.25) is 0 Å². The van der Waals surface area contributed by atoms with E-state index >= 15 is 0 Å². The highest BCUT2D eigenvalue weighted by Gasteiger charge is 2.33. The highest BCUT2D eigenvalue weighted by molar-refractivity contribution is 7.89. The van der Waals surface area contributed by atoms with Gasteiger partial charge in [0.05, 0.1) is 12.0 Å². The number of esters is 1. The molecule has 0 N–H and O–H groups in total. The van der Waals surface area contributed by atoms with Gasteiger partial charge in [0.15, 0.2) is 0 Å². The van der Waals surface area contributed by atoms with E-state index in [0.29, 0.717) is 17.4 Å². The van der Waals surface area contributed by atoms with E-state index in [0.717, 1.165) is 36.0 Å². The number of fused-ring (bicyclic) bond motifs is 1. The summed E-state index contributed by atoms with van der Waals surface area (Å²) in [4.78, 5) is 11.8. The van der Waals surface area contributed by atoms with Crippen LogP contribution in [0, 0.1) is 12.8 Å². The first-order chi connectivity index (χ1) is 11.4. The van der Waals surface area contributed by atoms with Crippen molar-refractivity contribution >= 4 is 16.0 Å². The van der Waals surface area contributed by atoms with Crippen LogP contribution in [0.5, 0.6) is 0 Å². The van der Waals surface area contributed by atoms with Crippen molar-refractivity contribution in [3.05, 3.63) is 53.3 Å². The number of aryl methyl sites for hydroxylation is 1. The van der Waals surface area contributed by atoms with Crippen LogP contribution >= 0.6 is 0 Å². The van der Waals surface area contributed by atoms with Crippen LogP contribution in [-0.4, -0.2) is 32.3 Å². The summed E-state index contributed by atoms with van der Waals surface area (Å²) >= 11 is 0. The molecular weight excluding hydrogens is 326 g/mol. The Bertz CT molecular complexity index is 806. The lowest BCUT2D eigenvalue weighted by atomic mass is 9.95. The Kier molecular flexibility index (Phi) is 4.49. The molecule has 0 amide bonds. The van der Waals surface area contributed by atoms with Gasteiger partial charge < -0.3 is 4.74 Å². The van der Waals surface area contributed by atoms with Gasteiger partial charge in [-0.25, -0.2) is 13.2 Å². The second-order valence-corrected chi connectivity index (χ2v) is 8.12. The van der Waals surface area contributed by atoms with Gasteiger partial charge in [-0.1, -0.05) is 17.7 Å². The number of ether oxygens (including phenoxy) is 1. The molecule has 1 fully saturated rings. The van der Waals surface area contributed by atoms with Crippen LogP contribution in [0.3, 0.4) is 0 Å². The standard InChI is InChI=1S/C18H21NO4S/c1-13-3-7-16(8-4-13)24(21,22)19-10-9-14-5-6-15(17(14)12-19)11-18(20)23-2/h3-4,7-8,11-12,14H,5-6,9-10H2,1-2H3/b15-11-. The lowest BCUT2D eigenvalue weighted by molar-refractivity contribution is -0.134. The van der Waals surface area contributed by atoms with Gasteiger partial charge in [-0.15, -0.1) is 0 Å². The third-order valence-electron chi connectivity index (χ3n) is 4.67. The van der Waals surface area contributed by atoms with Crippen LogP contribution in [0.4, 0.5) is 0 Å². The van der Waals surface area contributed by atoms with Crippen molar-refractivity contribution in [3.8, 4) is 0 Å². The molecule has 5 nitrogen and oxygen atoms in total. The van der Waals surface area contributed by atoms with E-state index in [9.17, 15) is 13.2 Å². The molecule has 1 atom stereocenters. The molecular formula is C18H21NO4S. The summed E-state index contributed by atoms with van der Waals surface area (Å²) in [5, 5.41) is 0. The number of sulfonamides is 1. The van der Waals surface area contributed by atoms with Crippen molar-refractivity contribution in [2.45, 2.75) is 31.1 Å². The highest BCUT2D eigenvalue weighted by Crippen LogP contribution is 2.41. The van der Waals surface area contributed by atoms with Crippen molar-refractivity contribution in [1.82, 2.24) is 4.31 Å². The number of carbonyl (C=O) groups is 1. The maximum absolute atomic E-state index is 12.8. The van der Waals surface area contributed by atoms with E-state index in [4.69, 9.17) is 4.74 Å². The van der Waals surface area contributed by atoms with Crippen LogP contribution in [0.1, 0.15) is 24.8 Å². The number of allylic oxidation sites excluding steroid dienone is 2. The molecule has 0 bridgehead atoms. The Balaban J connectivity index is 1.94. The maximum atomic E-state index is 12.8. The normalized spacial score (nSPS) is 22.2. The second-order valence-electron chi connectivity index (χ2n) is 6.23. The minimum atomic E-state index is -3.56. The number of hydrogen-bond donors (Lipinski definition) is 0. The molecule has 0 aromatic heterocycles. The third-order valence-corrected chi connectivity index (χ3v) is 6.45. The summed E-state index contributed by atoms with van der Waals surface area (Å²) < 4.78 is 31.8. The smallest absolute Gasteiger partial charge is 0.330 e. The zero-order valence-corrected chi connectivity index (χ0v) is 14.7. The third kappa shape index (κ3) is 3.11. The fourth-order valence-corrected chi connectivity index (χ4v) is 4.62. The first kappa shape index (κ1) is 16.8. The van der Waals surface area contributed by atoms with Crippen molar-refractivity contribution in [2.75, 3.05) is 13.7 Å². The summed E-state index contributed by atoms with van der Waals surface area (Å²) in [6, 6.07) is 6.86. The Morgan fingerprint density at radius 1 is 1.25 bits per heavy atom. The molecule has 0 spiro atoms. The van der Waals surface area contributed by atoms with E-state index in [1.807, 2.05) is 6.92 Å². The Hall–Kier alpha value is -2.08. The van der Waals surface area contributed by atoms with Gasteiger partial charge in [0.2, 0.25) is 0 Å². The van der Waals surface area contributed by atoms with Crippen molar-refractivity contribution < 1.29 is 17.9 Å². The maximum Gasteiger partial charge on any atom is 0.330 e. The summed E-state index contributed by atoms with van der Waals surface area (Å²) in [5.41, 5.74) is 2.85. The SMILES string of the molecule is COC(=O)/C=C1/CCC2CCN(S(=O)(=O)c3ccc(C)cc3)C=C12. The van der Waals surface area contributed by atoms with Gasteiger partial charge in [0.25, 0.3) is 10.0 Å². The molecule has 0 radical (unpaired) electrons. The number of carbonyl (C=O) groups excluding carboxylic acids is 1. The topological polar surface area (TPSA) is 63.7 Å². The molecule has 0 saturated heterocycles. The quantitative estimate of drug-likeness (QED) is 0.623. The van der Waals surface area contributed by atoms with E-state index in [-0.39, 0.29) is 0 Å². The van der Waals surface area contributed by atoms with Gasteiger partial charge in [0, 0.05) is 18.8 Å². The van der Waals surface area contributed by atoms with Crippen LogP contribution < -0.4 is 0 Å². The van der Waals surface area contributed by atoms with E-state index in [1.165, 1.54) is 17.5 Å². The molecule has 1 aromatic rings. The average Bonchev–Trinajstić information content (AvgIpc) is 2.97. The monoisotopic (exact) mass is 347 g/mol. The fraction of sp³-hybridized carbons (Fsp3) is 0.389. The zero-order chi connectivity index (χ0) is 17.3. The van der Waals surface area contributed by atoms with Gasteiger partial charge in [-0.05, 0) is 55.4 Å². The van der Waals surface area contributed by atoms with Crippen LogP contribution in [0.25, 0.3) is 0 Å². The minimum absolute atomic E-state index is 0.292. The molecule has 2 aliphatic rings. The van der Waals surface area contributed by atoms with Gasteiger partial charge >= 0.3 is 5.97 Å². The van der Waals surface area contributed by atoms with Crippen LogP contribution in [-0.2, 0) is 19.6 Å². The molecule has 1 heterocycles. The van der Waals surface area contributed by atoms with E-state index in [2.05, 4.69) is 0 Å². The van der Waals surface area contributed by atoms with Crippen molar-refractivity contribution in [2.24, 2.45) is 5.92 Å². The molecule has 1 aliphatic carbocycles. The Morgan fingerprint density at radius 2 is 1.96 bits per heavy atom. The minimum Gasteiger partial charge on any atom is -0.466 e. The second kappa shape index (κ2) is 6.43. The van der Waals surface area contributed by atoms with E-state index < -0.39 is 16.0 Å². The molecule has 1 aliphatic heterocycles. The van der Waals surface area contributed by atoms with Gasteiger partial charge in [-0.3, -0.25) is 4.31 Å². The zero-order valence-electron chi connectivity index (χ0n) is 13.9. The molecule has 128 valence electrons. The molecule has 1 aromatic carbocycles. The average molecular weight is 347 g/mol. The van der Waals surface area contributed by atoms with Gasteiger partial charge in [0.1, 0.15) is 0 Å². The van der Waals surface area contributed by atoms with Crippen LogP contribution in [0.15, 0.2) is 52.6 Å². The van der Waals surface area contributed by atoms with Crippen molar-refractivity contribution in [3.63, 3.8) is 0 Å². The Morgan fingerprint density at radius 3 is 2.62 bits per heavy atom. The predicted molar refractivity (Wildman–Crippen MR) is 90.6 cm³/mol. The molecule has 6 heteroatoms. The first-order valence-corrected chi connectivity index (χ1v) is 9.45. The Labute approximate surface area is 142 Å². The fourth-order valence-electron chi connectivity index (χ4n) is 3.27. The number of methoxy groups -OCH3 is 1.